The Balaban J connectivity index is 1.24. The number of anilines is 3. The number of hydrogen-bond acceptors (Lipinski definition) is 3. The number of rotatable bonds is 5. The Kier molecular flexibility index (Phi) is 6.70. The summed E-state index contributed by atoms with van der Waals surface area (Å²) in [5.74, 6) is 0.853. The van der Waals surface area contributed by atoms with Gasteiger partial charge < -0.3 is 4.57 Å². The normalized spacial score (nSPS) is 14.1. The lowest BCUT2D eigenvalue weighted by atomic mass is 9.74. The molecule has 0 saturated heterocycles. The van der Waals surface area contributed by atoms with Crippen LogP contribution in [0.1, 0.15) is 42.3 Å². The predicted molar refractivity (Wildman–Crippen MR) is 198 cm³/mol. The summed E-state index contributed by atoms with van der Waals surface area (Å²) < 4.78 is 18.9. The average molecular weight is 637 g/mol. The summed E-state index contributed by atoms with van der Waals surface area (Å²) in [5.41, 5.74) is 10.1. The molecule has 8 aromatic rings. The van der Waals surface area contributed by atoms with Crippen LogP contribution in [0.15, 0.2) is 158 Å². The molecule has 0 amide bonds. The first-order chi connectivity index (χ1) is 24.0. The Morgan fingerprint density at radius 1 is 0.571 bits per heavy atom. The van der Waals surface area contributed by atoms with Crippen LogP contribution < -0.4 is 4.90 Å². The molecule has 3 aromatic heterocycles. The van der Waals surface area contributed by atoms with Crippen molar-refractivity contribution in [2.24, 2.45) is 0 Å². The van der Waals surface area contributed by atoms with E-state index in [1.807, 2.05) is 79.0 Å². The molecule has 9 rings (SSSR count). The van der Waals surface area contributed by atoms with Crippen LogP contribution in [0.25, 0.3) is 38.8 Å². The topological polar surface area (TPSA) is 34.0 Å². The summed E-state index contributed by atoms with van der Waals surface area (Å²) in [4.78, 5) is 11.7. The molecule has 1 aliphatic rings. The first-order valence-corrected chi connectivity index (χ1v) is 16.6. The van der Waals surface area contributed by atoms with Crippen molar-refractivity contribution < 1.29 is 4.39 Å². The van der Waals surface area contributed by atoms with Gasteiger partial charge in [-0.2, -0.15) is 0 Å². The Bertz CT molecular complexity index is 2500. The van der Waals surface area contributed by atoms with E-state index in [1.54, 1.807) is 6.20 Å². The molecule has 1 atom stereocenters. The third kappa shape index (κ3) is 4.65. The highest BCUT2D eigenvalue weighted by Gasteiger charge is 2.39. The molecule has 0 bridgehead atoms. The van der Waals surface area contributed by atoms with E-state index in [9.17, 15) is 0 Å². The largest absolute Gasteiger partial charge is 0.309 e. The van der Waals surface area contributed by atoms with Crippen molar-refractivity contribution in [2.45, 2.75) is 25.4 Å². The van der Waals surface area contributed by atoms with Crippen LogP contribution in [0.2, 0.25) is 0 Å². The van der Waals surface area contributed by atoms with Gasteiger partial charge in [0.15, 0.2) is 6.17 Å². The fourth-order valence-electron chi connectivity index (χ4n) is 7.53. The molecular formula is C44H33FN4. The molecule has 4 heterocycles. The zero-order chi connectivity index (χ0) is 33.1. The highest BCUT2D eigenvalue weighted by molar-refractivity contribution is 6.11. The van der Waals surface area contributed by atoms with E-state index < -0.39 is 6.17 Å². The quantitative estimate of drug-likeness (QED) is 0.188. The summed E-state index contributed by atoms with van der Waals surface area (Å²) in [6.07, 6.45) is 2.28. The average Bonchev–Trinajstić information content (AvgIpc) is 3.48. The summed E-state index contributed by atoms with van der Waals surface area (Å²) in [7, 11) is 0. The number of alkyl halides is 1. The molecule has 49 heavy (non-hydrogen) atoms. The minimum Gasteiger partial charge on any atom is -0.309 e. The summed E-state index contributed by atoms with van der Waals surface area (Å²) >= 11 is 0. The lowest BCUT2D eigenvalue weighted by Crippen LogP contribution is -2.31. The van der Waals surface area contributed by atoms with Crippen molar-refractivity contribution in [3.63, 3.8) is 0 Å². The zero-order valence-corrected chi connectivity index (χ0v) is 27.3. The predicted octanol–water partition coefficient (Wildman–Crippen LogP) is 11.4. The van der Waals surface area contributed by atoms with Crippen molar-refractivity contribution in [3.8, 4) is 16.9 Å². The highest BCUT2D eigenvalue weighted by atomic mass is 19.1. The third-order valence-electron chi connectivity index (χ3n) is 9.95. The number of nitrogens with zero attached hydrogens (tertiary/aromatic N) is 4. The molecule has 0 saturated carbocycles. The highest BCUT2D eigenvalue weighted by Crippen LogP contribution is 2.53. The Labute approximate surface area is 284 Å². The summed E-state index contributed by atoms with van der Waals surface area (Å²) in [5, 5.41) is 2.41. The van der Waals surface area contributed by atoms with Gasteiger partial charge in [0.05, 0.1) is 22.4 Å². The van der Waals surface area contributed by atoms with Gasteiger partial charge in [-0.3, -0.25) is 9.88 Å². The molecule has 1 unspecified atom stereocenters. The number of hydrogen-bond donors (Lipinski definition) is 0. The van der Waals surface area contributed by atoms with Crippen molar-refractivity contribution in [3.05, 3.63) is 180 Å². The van der Waals surface area contributed by atoms with Gasteiger partial charge in [0.1, 0.15) is 5.82 Å². The molecule has 1 aliphatic heterocycles. The van der Waals surface area contributed by atoms with Crippen molar-refractivity contribution in [1.82, 2.24) is 14.5 Å². The molecular weight excluding hydrogens is 604 g/mol. The molecule has 0 radical (unpaired) electrons. The lowest BCUT2D eigenvalue weighted by Gasteiger charge is -2.41. The van der Waals surface area contributed by atoms with Gasteiger partial charge in [0.25, 0.3) is 0 Å². The SMILES string of the molecule is CC1(C)c2cc3c4ccccc4n(-c4ccccc4)c3cc2N(c2cccc(C(F)c3cccc(-c4ccccn4)c3)c2)c2ncccc21. The minimum atomic E-state index is -1.32. The van der Waals surface area contributed by atoms with Crippen LogP contribution in [0.4, 0.5) is 21.6 Å². The van der Waals surface area contributed by atoms with Gasteiger partial charge in [0.2, 0.25) is 0 Å². The smallest absolute Gasteiger partial charge is 0.150 e. The molecule has 0 fully saturated rings. The van der Waals surface area contributed by atoms with Crippen LogP contribution in [0, 0.1) is 0 Å². The number of halogens is 1. The van der Waals surface area contributed by atoms with Gasteiger partial charge in [-0.05, 0) is 83.4 Å². The Hall–Kier alpha value is -6.07. The molecule has 0 spiro atoms. The number of fused-ring (bicyclic) bond motifs is 5. The standard InChI is InChI=1S/C44H33FN4/c1-44(2)36-20-12-24-47-43(36)49(33-18-11-15-31(26-33)42(45)30-14-10-13-29(25-30)38-21-8-9-23-46-38)41-28-40-35(27-37(41)44)34-19-6-7-22-39(34)48(40)32-16-4-3-5-17-32/h3-28,42H,1-2H3. The fraction of sp³-hybridized carbons (Fsp3) is 0.0909. The second-order valence-electron chi connectivity index (χ2n) is 13.2. The minimum absolute atomic E-state index is 0.328. The van der Waals surface area contributed by atoms with E-state index >= 15 is 4.39 Å². The number of pyridine rings is 2. The van der Waals surface area contributed by atoms with Crippen LogP contribution in [0.5, 0.6) is 0 Å². The van der Waals surface area contributed by atoms with Gasteiger partial charge in [-0.25, -0.2) is 9.37 Å². The van der Waals surface area contributed by atoms with Crippen molar-refractivity contribution in [2.75, 3.05) is 4.90 Å². The molecule has 5 heteroatoms. The Morgan fingerprint density at radius 2 is 1.31 bits per heavy atom. The molecule has 4 nitrogen and oxygen atoms in total. The number of para-hydroxylation sites is 2. The van der Waals surface area contributed by atoms with Gasteiger partial charge >= 0.3 is 0 Å². The van der Waals surface area contributed by atoms with Crippen molar-refractivity contribution in [1.29, 1.82) is 0 Å². The Morgan fingerprint density at radius 3 is 2.14 bits per heavy atom. The zero-order valence-electron chi connectivity index (χ0n) is 27.3. The van der Waals surface area contributed by atoms with E-state index in [-0.39, 0.29) is 5.41 Å². The van der Waals surface area contributed by atoms with Crippen LogP contribution in [-0.4, -0.2) is 14.5 Å². The first kappa shape index (κ1) is 29.1. The second kappa shape index (κ2) is 11.3. The van der Waals surface area contributed by atoms with Crippen LogP contribution >= 0.6 is 0 Å². The maximum Gasteiger partial charge on any atom is 0.150 e. The number of aromatic nitrogens is 3. The number of benzene rings is 5. The lowest BCUT2D eigenvalue weighted by molar-refractivity contribution is 0.402. The van der Waals surface area contributed by atoms with E-state index in [0.717, 1.165) is 50.7 Å². The maximum absolute atomic E-state index is 16.5. The van der Waals surface area contributed by atoms with Gasteiger partial charge in [-0.15, -0.1) is 0 Å². The molecule has 5 aromatic carbocycles. The summed E-state index contributed by atoms with van der Waals surface area (Å²) in [6, 6.07) is 49.2. The monoisotopic (exact) mass is 636 g/mol. The molecule has 0 aliphatic carbocycles. The van der Waals surface area contributed by atoms with Gasteiger partial charge in [-0.1, -0.05) is 92.7 Å². The first-order valence-electron chi connectivity index (χ1n) is 16.6. The van der Waals surface area contributed by atoms with Gasteiger partial charge in [0, 0.05) is 51.1 Å². The van der Waals surface area contributed by atoms with E-state index in [1.165, 1.54) is 16.3 Å². The molecule has 0 N–H and O–H groups in total. The van der Waals surface area contributed by atoms with E-state index in [0.29, 0.717) is 11.1 Å². The second-order valence-corrected chi connectivity index (χ2v) is 13.2. The third-order valence-corrected chi connectivity index (χ3v) is 9.95. The van der Waals surface area contributed by atoms with Crippen LogP contribution in [-0.2, 0) is 5.41 Å². The fourth-order valence-corrected chi connectivity index (χ4v) is 7.53. The maximum atomic E-state index is 16.5. The van der Waals surface area contributed by atoms with Crippen LogP contribution in [0.3, 0.4) is 0 Å². The van der Waals surface area contributed by atoms with E-state index in [2.05, 4.69) is 101 Å². The summed E-state index contributed by atoms with van der Waals surface area (Å²) in [6.45, 7) is 4.54. The van der Waals surface area contributed by atoms with E-state index in [4.69, 9.17) is 4.98 Å². The molecule has 236 valence electrons. The van der Waals surface area contributed by atoms with Crippen molar-refractivity contribution >= 4 is 39.0 Å².